The fourth-order valence-corrected chi connectivity index (χ4v) is 2.34. The fourth-order valence-electron chi connectivity index (χ4n) is 2.34. The van der Waals surface area contributed by atoms with Gasteiger partial charge in [0, 0.05) is 12.7 Å². The van der Waals surface area contributed by atoms with Crippen LogP contribution in [0.2, 0.25) is 0 Å². The van der Waals surface area contributed by atoms with Gasteiger partial charge in [-0.3, -0.25) is 9.89 Å². The molecule has 0 atom stereocenters. The van der Waals surface area contributed by atoms with E-state index in [9.17, 15) is 4.79 Å². The van der Waals surface area contributed by atoms with Crippen molar-refractivity contribution in [2.75, 3.05) is 27.3 Å². The molecule has 0 unspecified atom stereocenters. The van der Waals surface area contributed by atoms with Crippen LogP contribution in [-0.2, 0) is 6.42 Å². The summed E-state index contributed by atoms with van der Waals surface area (Å²) in [5.41, 5.74) is 1.41. The predicted molar refractivity (Wildman–Crippen MR) is 92.6 cm³/mol. The maximum absolute atomic E-state index is 12.4. The quantitative estimate of drug-likeness (QED) is 0.808. The van der Waals surface area contributed by atoms with Crippen molar-refractivity contribution in [2.45, 2.75) is 20.3 Å². The van der Waals surface area contributed by atoms with Crippen molar-refractivity contribution in [3.05, 3.63) is 41.7 Å². The van der Waals surface area contributed by atoms with Crippen LogP contribution in [0.25, 0.3) is 0 Å². The van der Waals surface area contributed by atoms with Gasteiger partial charge < -0.3 is 14.4 Å². The summed E-state index contributed by atoms with van der Waals surface area (Å²) in [6.45, 7) is 5.10. The highest BCUT2D eigenvalue weighted by Gasteiger charge is 2.16. The Labute approximate surface area is 142 Å². The molecule has 0 aliphatic carbocycles. The molecule has 130 valence electrons. The van der Waals surface area contributed by atoms with Crippen molar-refractivity contribution in [3.8, 4) is 11.5 Å². The molecule has 2 aromatic rings. The number of carbonyl (C=O) groups excluding carboxylic acids is 1. The smallest absolute Gasteiger partial charge is 0.274 e. The number of nitrogens with one attached hydrogen (secondary N) is 1. The van der Waals surface area contributed by atoms with E-state index < -0.39 is 0 Å². The molecule has 1 amide bonds. The van der Waals surface area contributed by atoms with Crippen LogP contribution in [0, 0.1) is 5.92 Å². The van der Waals surface area contributed by atoms with Crippen LogP contribution in [0.3, 0.4) is 0 Å². The lowest BCUT2D eigenvalue weighted by molar-refractivity contribution is 0.0767. The minimum Gasteiger partial charge on any atom is -0.493 e. The highest BCUT2D eigenvalue weighted by molar-refractivity contribution is 5.92. The second-order valence-corrected chi connectivity index (χ2v) is 6.10. The number of H-pyrrole nitrogens is 1. The first-order valence-corrected chi connectivity index (χ1v) is 8.06. The number of benzene rings is 1. The maximum atomic E-state index is 12.4. The number of aromatic amines is 1. The van der Waals surface area contributed by atoms with Crippen LogP contribution in [0.15, 0.2) is 30.3 Å². The Morgan fingerprint density at radius 2 is 2.00 bits per heavy atom. The zero-order chi connectivity index (χ0) is 17.5. The number of hydrogen-bond acceptors (Lipinski definition) is 4. The molecule has 1 aromatic carbocycles. The average Bonchev–Trinajstić information content (AvgIpc) is 3.02. The van der Waals surface area contributed by atoms with Gasteiger partial charge in [-0.2, -0.15) is 5.10 Å². The molecule has 0 saturated heterocycles. The van der Waals surface area contributed by atoms with Crippen molar-refractivity contribution in [2.24, 2.45) is 5.92 Å². The van der Waals surface area contributed by atoms with E-state index in [1.54, 1.807) is 19.1 Å². The molecular weight excluding hydrogens is 306 g/mol. The summed E-state index contributed by atoms with van der Waals surface area (Å²) in [6, 6.07) is 9.26. The van der Waals surface area contributed by atoms with E-state index in [0.717, 1.165) is 12.1 Å². The molecule has 2 rings (SSSR count). The lowest BCUT2D eigenvalue weighted by atomic mass is 10.1. The molecule has 1 N–H and O–H groups in total. The molecule has 6 nitrogen and oxygen atoms in total. The van der Waals surface area contributed by atoms with E-state index in [1.807, 2.05) is 30.3 Å². The third kappa shape index (κ3) is 4.75. The molecular formula is C18H25N3O3. The van der Waals surface area contributed by atoms with Crippen molar-refractivity contribution in [3.63, 3.8) is 0 Å². The van der Waals surface area contributed by atoms with E-state index in [-0.39, 0.29) is 5.91 Å². The second-order valence-electron chi connectivity index (χ2n) is 6.10. The van der Waals surface area contributed by atoms with Gasteiger partial charge in [-0.15, -0.1) is 0 Å². The first kappa shape index (κ1) is 17.8. The van der Waals surface area contributed by atoms with Gasteiger partial charge in [0.05, 0.1) is 13.7 Å². The fraction of sp³-hybridized carbons (Fsp3) is 0.444. The number of methoxy groups -OCH3 is 1. The summed E-state index contributed by atoms with van der Waals surface area (Å²) < 4.78 is 10.9. The molecule has 0 radical (unpaired) electrons. The van der Waals surface area contributed by atoms with Crippen LogP contribution in [0.4, 0.5) is 0 Å². The number of carbonyl (C=O) groups is 1. The normalized spacial score (nSPS) is 10.7. The van der Waals surface area contributed by atoms with Gasteiger partial charge in [0.1, 0.15) is 12.3 Å². The molecule has 0 aliphatic rings. The monoisotopic (exact) mass is 331 g/mol. The summed E-state index contributed by atoms with van der Waals surface area (Å²) in [4.78, 5) is 14.0. The summed E-state index contributed by atoms with van der Waals surface area (Å²) in [5, 5.41) is 7.03. The van der Waals surface area contributed by atoms with Crippen LogP contribution in [0.1, 0.15) is 30.0 Å². The lowest BCUT2D eigenvalue weighted by Crippen LogP contribution is -2.31. The molecule has 1 heterocycles. The van der Waals surface area contributed by atoms with E-state index in [4.69, 9.17) is 9.47 Å². The number of para-hydroxylation sites is 2. The molecule has 24 heavy (non-hydrogen) atoms. The molecule has 0 spiro atoms. The standard InChI is InChI=1S/C18H25N3O3/c1-13(2)11-14-12-15(20-19-14)18(22)21(3)9-10-24-17-8-6-5-7-16(17)23-4/h5-8,12-13H,9-11H2,1-4H3,(H,19,20). The number of nitrogens with zero attached hydrogens (tertiary/aromatic N) is 2. The van der Waals surface area contributed by atoms with E-state index in [0.29, 0.717) is 36.3 Å². The summed E-state index contributed by atoms with van der Waals surface area (Å²) in [5.74, 6) is 1.74. The molecule has 0 saturated carbocycles. The maximum Gasteiger partial charge on any atom is 0.274 e. The van der Waals surface area contributed by atoms with E-state index >= 15 is 0 Å². The van der Waals surface area contributed by atoms with Gasteiger partial charge in [0.15, 0.2) is 11.5 Å². The second kappa shape index (κ2) is 8.38. The predicted octanol–water partition coefficient (Wildman–Crippen LogP) is 2.77. The Morgan fingerprint density at radius 3 is 2.67 bits per heavy atom. The Morgan fingerprint density at radius 1 is 1.29 bits per heavy atom. The zero-order valence-corrected chi connectivity index (χ0v) is 14.7. The topological polar surface area (TPSA) is 67.5 Å². The van der Waals surface area contributed by atoms with Gasteiger partial charge in [-0.25, -0.2) is 0 Å². The minimum absolute atomic E-state index is 0.120. The third-order valence-electron chi connectivity index (χ3n) is 3.58. The largest absolute Gasteiger partial charge is 0.493 e. The molecule has 0 aliphatic heterocycles. The summed E-state index contributed by atoms with van der Waals surface area (Å²) in [6.07, 6.45) is 0.876. The van der Waals surface area contributed by atoms with Gasteiger partial charge in [0.25, 0.3) is 5.91 Å². The SMILES string of the molecule is COc1ccccc1OCCN(C)C(=O)c1cc(CC(C)C)[nH]n1. The van der Waals surface area contributed by atoms with E-state index in [1.165, 1.54) is 0 Å². The first-order valence-electron chi connectivity index (χ1n) is 8.06. The number of aromatic nitrogens is 2. The lowest BCUT2D eigenvalue weighted by Gasteiger charge is -2.17. The molecule has 0 fully saturated rings. The third-order valence-corrected chi connectivity index (χ3v) is 3.58. The van der Waals surface area contributed by atoms with Crippen LogP contribution in [0.5, 0.6) is 11.5 Å². The van der Waals surface area contributed by atoms with Crippen molar-refractivity contribution in [1.29, 1.82) is 0 Å². The Hall–Kier alpha value is -2.50. The van der Waals surface area contributed by atoms with Gasteiger partial charge in [0.2, 0.25) is 0 Å². The van der Waals surface area contributed by atoms with Gasteiger partial charge >= 0.3 is 0 Å². The first-order chi connectivity index (χ1) is 11.5. The summed E-state index contributed by atoms with van der Waals surface area (Å²) in [7, 11) is 3.34. The van der Waals surface area contributed by atoms with Gasteiger partial charge in [-0.1, -0.05) is 26.0 Å². The number of rotatable bonds is 8. The zero-order valence-electron chi connectivity index (χ0n) is 14.7. The van der Waals surface area contributed by atoms with Crippen molar-refractivity contribution >= 4 is 5.91 Å². The van der Waals surface area contributed by atoms with Crippen LogP contribution in [-0.4, -0.2) is 48.3 Å². The van der Waals surface area contributed by atoms with E-state index in [2.05, 4.69) is 24.0 Å². The highest BCUT2D eigenvalue weighted by Crippen LogP contribution is 2.25. The summed E-state index contributed by atoms with van der Waals surface area (Å²) >= 11 is 0. The Kier molecular flexibility index (Phi) is 6.23. The Balaban J connectivity index is 1.86. The number of amides is 1. The molecule has 1 aromatic heterocycles. The minimum atomic E-state index is -0.120. The average molecular weight is 331 g/mol. The van der Waals surface area contributed by atoms with Crippen molar-refractivity contribution < 1.29 is 14.3 Å². The highest BCUT2D eigenvalue weighted by atomic mass is 16.5. The molecule has 6 heteroatoms. The number of ether oxygens (including phenoxy) is 2. The van der Waals surface area contributed by atoms with Crippen molar-refractivity contribution in [1.82, 2.24) is 15.1 Å². The number of hydrogen-bond donors (Lipinski definition) is 1. The van der Waals surface area contributed by atoms with Crippen LogP contribution < -0.4 is 9.47 Å². The molecule has 0 bridgehead atoms. The van der Waals surface area contributed by atoms with Gasteiger partial charge in [-0.05, 0) is 30.5 Å². The van der Waals surface area contributed by atoms with Crippen LogP contribution >= 0.6 is 0 Å². The number of likely N-dealkylation sites (N-methyl/N-ethyl adjacent to an activating group) is 1. The Bertz CT molecular complexity index is 667.